The molecule has 0 aliphatic carbocycles. The maximum absolute atomic E-state index is 10.3. The number of thiocarbonyl (C=S) groups is 1. The standard InChI is InChI=1S/C4H11N3O2S2/c5-4(10)2-1-3-7-11(6,8)9/h7H,1-3H2,(H2,5,10)(H2,6,8,9). The maximum Gasteiger partial charge on any atom is 0.274 e. The summed E-state index contributed by atoms with van der Waals surface area (Å²) in [6.45, 7) is 0.274. The van der Waals surface area contributed by atoms with Crippen molar-refractivity contribution in [1.82, 2.24) is 4.72 Å². The van der Waals surface area contributed by atoms with Crippen LogP contribution in [0.3, 0.4) is 0 Å². The fraction of sp³-hybridized carbons (Fsp3) is 0.750. The maximum atomic E-state index is 10.3. The van der Waals surface area contributed by atoms with Crippen LogP contribution < -0.4 is 15.6 Å². The molecule has 0 unspecified atom stereocenters. The Hall–Kier alpha value is -0.240. The molecule has 0 rings (SSSR count). The fourth-order valence-corrected chi connectivity index (χ4v) is 1.05. The first kappa shape index (κ1) is 10.8. The van der Waals surface area contributed by atoms with Gasteiger partial charge in [-0.2, -0.15) is 8.42 Å². The van der Waals surface area contributed by atoms with E-state index in [1.807, 2.05) is 0 Å². The molecular weight excluding hydrogens is 186 g/mol. The third kappa shape index (κ3) is 9.76. The van der Waals surface area contributed by atoms with Crippen molar-refractivity contribution in [1.29, 1.82) is 0 Å². The quantitative estimate of drug-likeness (QED) is 0.382. The summed E-state index contributed by atoms with van der Waals surface area (Å²) in [7, 11) is -3.56. The molecule has 7 heteroatoms. The first-order valence-electron chi connectivity index (χ1n) is 2.97. The predicted octanol–water partition coefficient (Wildman–Crippen LogP) is -1.15. The lowest BCUT2D eigenvalue weighted by Gasteiger charge is -1.99. The van der Waals surface area contributed by atoms with E-state index in [1.165, 1.54) is 0 Å². The molecule has 5 nitrogen and oxygen atoms in total. The Bertz CT molecular complexity index is 223. The van der Waals surface area contributed by atoms with Crippen LogP contribution in [0, 0.1) is 0 Å². The molecule has 0 aliphatic heterocycles. The van der Waals surface area contributed by atoms with E-state index < -0.39 is 10.2 Å². The molecule has 11 heavy (non-hydrogen) atoms. The van der Waals surface area contributed by atoms with Gasteiger partial charge in [0, 0.05) is 6.54 Å². The van der Waals surface area contributed by atoms with Crippen molar-refractivity contribution >= 4 is 27.4 Å². The van der Waals surface area contributed by atoms with Gasteiger partial charge in [0.2, 0.25) is 0 Å². The van der Waals surface area contributed by atoms with Crippen molar-refractivity contribution in [3.8, 4) is 0 Å². The highest BCUT2D eigenvalue weighted by Crippen LogP contribution is 1.86. The van der Waals surface area contributed by atoms with Crippen molar-refractivity contribution in [2.75, 3.05) is 6.54 Å². The van der Waals surface area contributed by atoms with Gasteiger partial charge < -0.3 is 5.73 Å². The molecule has 0 saturated heterocycles. The minimum absolute atomic E-state index is 0.274. The Kier molecular flexibility index (Phi) is 4.50. The summed E-state index contributed by atoms with van der Waals surface area (Å²) in [5, 5.41) is 4.65. The van der Waals surface area contributed by atoms with Gasteiger partial charge in [0.15, 0.2) is 0 Å². The van der Waals surface area contributed by atoms with Crippen LogP contribution in [-0.4, -0.2) is 20.0 Å². The Balaban J connectivity index is 3.37. The minimum Gasteiger partial charge on any atom is -0.393 e. The number of hydrogen-bond acceptors (Lipinski definition) is 3. The van der Waals surface area contributed by atoms with Crippen molar-refractivity contribution < 1.29 is 8.42 Å². The number of nitrogens with two attached hydrogens (primary N) is 2. The molecule has 0 amide bonds. The molecule has 0 aromatic heterocycles. The van der Waals surface area contributed by atoms with Gasteiger partial charge in [-0.15, -0.1) is 0 Å². The highest BCUT2D eigenvalue weighted by atomic mass is 32.2. The fourth-order valence-electron chi connectivity index (χ4n) is 0.477. The monoisotopic (exact) mass is 197 g/mol. The molecule has 0 fully saturated rings. The Morgan fingerprint density at radius 3 is 2.45 bits per heavy atom. The van der Waals surface area contributed by atoms with E-state index in [4.69, 9.17) is 5.73 Å². The van der Waals surface area contributed by atoms with Gasteiger partial charge in [0.1, 0.15) is 0 Å². The van der Waals surface area contributed by atoms with E-state index in [0.717, 1.165) is 0 Å². The summed E-state index contributed by atoms with van der Waals surface area (Å²) in [6.07, 6.45) is 1.10. The van der Waals surface area contributed by atoms with Crippen LogP contribution in [0.5, 0.6) is 0 Å². The lowest BCUT2D eigenvalue weighted by Crippen LogP contribution is -2.31. The zero-order chi connectivity index (χ0) is 8.91. The van der Waals surface area contributed by atoms with Crippen LogP contribution in [0.15, 0.2) is 0 Å². The summed E-state index contributed by atoms with van der Waals surface area (Å²) in [4.78, 5) is 0.376. The van der Waals surface area contributed by atoms with E-state index in [-0.39, 0.29) is 6.54 Å². The molecule has 66 valence electrons. The molecule has 0 saturated carbocycles. The average molecular weight is 197 g/mol. The molecule has 0 atom stereocenters. The van der Waals surface area contributed by atoms with E-state index in [1.54, 1.807) is 0 Å². The molecular formula is C4H11N3O2S2. The second-order valence-corrected chi connectivity index (χ2v) is 3.91. The lowest BCUT2D eigenvalue weighted by atomic mass is 10.3. The van der Waals surface area contributed by atoms with Crippen molar-refractivity contribution in [2.24, 2.45) is 10.9 Å². The SMILES string of the molecule is NC(=S)CCCNS(N)(=O)=O. The van der Waals surface area contributed by atoms with Crippen molar-refractivity contribution in [2.45, 2.75) is 12.8 Å². The van der Waals surface area contributed by atoms with Gasteiger partial charge in [-0.05, 0) is 12.8 Å². The van der Waals surface area contributed by atoms with E-state index in [9.17, 15) is 8.42 Å². The minimum atomic E-state index is -3.56. The second kappa shape index (κ2) is 4.60. The Morgan fingerprint density at radius 1 is 1.55 bits per heavy atom. The van der Waals surface area contributed by atoms with Crippen molar-refractivity contribution in [3.05, 3.63) is 0 Å². The summed E-state index contributed by atoms with van der Waals surface area (Å²) >= 11 is 4.57. The topological polar surface area (TPSA) is 98.2 Å². The highest BCUT2D eigenvalue weighted by molar-refractivity contribution is 7.87. The van der Waals surface area contributed by atoms with Crippen molar-refractivity contribution in [3.63, 3.8) is 0 Å². The van der Waals surface area contributed by atoms with Gasteiger partial charge in [-0.25, -0.2) is 9.86 Å². The molecule has 0 bridgehead atoms. The third-order valence-electron chi connectivity index (χ3n) is 0.903. The average Bonchev–Trinajstić information content (AvgIpc) is 1.78. The number of hydrogen-bond donors (Lipinski definition) is 3. The first-order valence-corrected chi connectivity index (χ1v) is 4.93. The van der Waals surface area contributed by atoms with E-state index in [0.29, 0.717) is 17.8 Å². The van der Waals surface area contributed by atoms with Crippen LogP contribution in [0.2, 0.25) is 0 Å². The lowest BCUT2D eigenvalue weighted by molar-refractivity contribution is 0.581. The zero-order valence-corrected chi connectivity index (χ0v) is 7.54. The second-order valence-electron chi connectivity index (χ2n) is 2.01. The number of nitrogens with one attached hydrogen (secondary N) is 1. The summed E-state index contributed by atoms with van der Waals surface area (Å²) in [5.74, 6) is 0. The zero-order valence-electron chi connectivity index (χ0n) is 5.91. The Labute approximate surface area is 71.3 Å². The molecule has 0 radical (unpaired) electrons. The predicted molar refractivity (Wildman–Crippen MR) is 47.1 cm³/mol. The van der Waals surface area contributed by atoms with Crippen LogP contribution in [0.1, 0.15) is 12.8 Å². The first-order chi connectivity index (χ1) is 4.92. The largest absolute Gasteiger partial charge is 0.393 e. The van der Waals surface area contributed by atoms with Crippen LogP contribution in [-0.2, 0) is 10.2 Å². The van der Waals surface area contributed by atoms with Crippen LogP contribution in [0.4, 0.5) is 0 Å². The highest BCUT2D eigenvalue weighted by Gasteiger charge is 1.98. The molecule has 0 heterocycles. The summed E-state index contributed by atoms with van der Waals surface area (Å²) in [5.41, 5.74) is 5.17. The summed E-state index contributed by atoms with van der Waals surface area (Å²) in [6, 6.07) is 0. The molecule has 0 aromatic carbocycles. The van der Waals surface area contributed by atoms with Crippen LogP contribution >= 0.6 is 12.2 Å². The van der Waals surface area contributed by atoms with Gasteiger partial charge in [0.25, 0.3) is 10.2 Å². The van der Waals surface area contributed by atoms with E-state index >= 15 is 0 Å². The van der Waals surface area contributed by atoms with Gasteiger partial charge in [-0.3, -0.25) is 0 Å². The normalized spacial score (nSPS) is 11.4. The molecule has 5 N–H and O–H groups in total. The summed E-state index contributed by atoms with van der Waals surface area (Å²) < 4.78 is 22.7. The smallest absolute Gasteiger partial charge is 0.274 e. The van der Waals surface area contributed by atoms with Crippen LogP contribution in [0.25, 0.3) is 0 Å². The molecule has 0 spiro atoms. The number of rotatable bonds is 5. The van der Waals surface area contributed by atoms with Gasteiger partial charge >= 0.3 is 0 Å². The van der Waals surface area contributed by atoms with Gasteiger partial charge in [0.05, 0.1) is 4.99 Å². The molecule has 0 aliphatic rings. The van der Waals surface area contributed by atoms with E-state index in [2.05, 4.69) is 22.1 Å². The third-order valence-corrected chi connectivity index (χ3v) is 1.71. The Morgan fingerprint density at radius 2 is 2.09 bits per heavy atom. The van der Waals surface area contributed by atoms with Gasteiger partial charge in [-0.1, -0.05) is 12.2 Å². The molecule has 0 aromatic rings.